The fourth-order valence-electron chi connectivity index (χ4n) is 2.08. The summed E-state index contributed by atoms with van der Waals surface area (Å²) in [5.41, 5.74) is 0.940. The maximum absolute atomic E-state index is 12.1. The molecule has 0 fully saturated rings. The molecule has 1 aromatic carbocycles. The number of thiophene rings is 1. The summed E-state index contributed by atoms with van der Waals surface area (Å²) >= 11 is 8.99. The van der Waals surface area contributed by atoms with Crippen molar-refractivity contribution in [1.29, 1.82) is 0 Å². The molecule has 0 atom stereocenters. The zero-order valence-electron chi connectivity index (χ0n) is 11.5. The summed E-state index contributed by atoms with van der Waals surface area (Å²) in [4.78, 5) is 18.0. The molecule has 0 radical (unpaired) electrons. The van der Waals surface area contributed by atoms with E-state index in [1.807, 2.05) is 34.2 Å². The van der Waals surface area contributed by atoms with E-state index in [1.165, 1.54) is 11.3 Å². The average Bonchev–Trinajstić information content (AvgIpc) is 3.08. The Balaban J connectivity index is 2.05. The molecule has 0 saturated carbocycles. The molecule has 2 aromatic heterocycles. The van der Waals surface area contributed by atoms with Gasteiger partial charge in [-0.05, 0) is 29.6 Å². The first kappa shape index (κ1) is 15.0. The maximum atomic E-state index is 12.1. The molecule has 0 aliphatic rings. The van der Waals surface area contributed by atoms with Crippen molar-refractivity contribution in [3.8, 4) is 12.3 Å². The van der Waals surface area contributed by atoms with E-state index in [1.54, 1.807) is 17.4 Å². The van der Waals surface area contributed by atoms with Crippen LogP contribution in [0.1, 0.15) is 4.88 Å². The highest BCUT2D eigenvalue weighted by atomic mass is 35.5. The Bertz CT molecular complexity index is 929. The molecule has 3 rings (SSSR count). The molecule has 22 heavy (non-hydrogen) atoms. The van der Waals surface area contributed by atoms with Gasteiger partial charge in [-0.3, -0.25) is 4.79 Å². The lowest BCUT2D eigenvalue weighted by atomic mass is 10.3. The third-order valence-electron chi connectivity index (χ3n) is 3.02. The summed E-state index contributed by atoms with van der Waals surface area (Å²) in [5, 5.41) is 2.60. The van der Waals surface area contributed by atoms with Crippen molar-refractivity contribution in [1.82, 2.24) is 4.57 Å². The number of rotatable bonds is 3. The normalized spacial score (nSPS) is 11.7. The van der Waals surface area contributed by atoms with Crippen LogP contribution in [0, 0.1) is 12.3 Å². The number of benzene rings is 1. The Morgan fingerprint density at radius 3 is 3.00 bits per heavy atom. The molecule has 0 saturated heterocycles. The topological polar surface area (TPSA) is 34.4 Å². The molecule has 2 heterocycles. The molecule has 6 heteroatoms. The molecule has 0 N–H and O–H groups in total. The van der Waals surface area contributed by atoms with Gasteiger partial charge in [0.15, 0.2) is 4.80 Å². The van der Waals surface area contributed by atoms with E-state index in [2.05, 4.69) is 10.9 Å². The lowest BCUT2D eigenvalue weighted by Gasteiger charge is -1.99. The second kappa shape index (κ2) is 6.49. The minimum absolute atomic E-state index is 0.175. The summed E-state index contributed by atoms with van der Waals surface area (Å²) in [6.07, 6.45) is 5.74. The van der Waals surface area contributed by atoms with E-state index in [4.69, 9.17) is 18.0 Å². The number of hydrogen-bond acceptors (Lipinski definition) is 3. The smallest absolute Gasteiger partial charge is 0.253 e. The Hall–Kier alpha value is -1.87. The van der Waals surface area contributed by atoms with E-state index < -0.39 is 0 Å². The highest BCUT2D eigenvalue weighted by Gasteiger charge is 2.08. The van der Waals surface area contributed by atoms with Crippen LogP contribution in [0.15, 0.2) is 40.7 Å². The molecule has 1 amide bonds. The number of nitrogens with zero attached hydrogens (tertiary/aromatic N) is 2. The Kier molecular flexibility index (Phi) is 4.44. The van der Waals surface area contributed by atoms with Crippen LogP contribution in [0.4, 0.5) is 0 Å². The van der Waals surface area contributed by atoms with Crippen molar-refractivity contribution in [3.05, 3.63) is 50.4 Å². The van der Waals surface area contributed by atoms with Crippen molar-refractivity contribution in [2.24, 2.45) is 4.99 Å². The third kappa shape index (κ3) is 3.14. The fraction of sp³-hybridized carbons (Fsp3) is 0.125. The highest BCUT2D eigenvalue weighted by molar-refractivity contribution is 7.16. The Morgan fingerprint density at radius 2 is 2.27 bits per heavy atom. The molecular formula is C16H11ClN2OS2. The van der Waals surface area contributed by atoms with Gasteiger partial charge in [-0.2, -0.15) is 4.99 Å². The molecule has 0 unspecified atom stereocenters. The molecule has 110 valence electrons. The summed E-state index contributed by atoms with van der Waals surface area (Å²) in [7, 11) is 0. The molecule has 3 aromatic rings. The Morgan fingerprint density at radius 1 is 1.41 bits per heavy atom. The summed E-state index contributed by atoms with van der Waals surface area (Å²) in [6, 6.07) is 9.41. The van der Waals surface area contributed by atoms with Gasteiger partial charge in [-0.15, -0.1) is 17.8 Å². The van der Waals surface area contributed by atoms with Crippen LogP contribution in [0.3, 0.4) is 0 Å². The largest absolute Gasteiger partial charge is 0.305 e. The molecule has 0 spiro atoms. The quantitative estimate of drug-likeness (QED) is 0.665. The second-order valence-corrected chi connectivity index (χ2v) is 7.03. The van der Waals surface area contributed by atoms with Crippen LogP contribution < -0.4 is 4.80 Å². The summed E-state index contributed by atoms with van der Waals surface area (Å²) in [5.74, 6) is 2.43. The van der Waals surface area contributed by atoms with Crippen LogP contribution in [0.25, 0.3) is 10.2 Å². The van der Waals surface area contributed by atoms with Gasteiger partial charge in [0.25, 0.3) is 5.91 Å². The first-order valence-electron chi connectivity index (χ1n) is 6.49. The van der Waals surface area contributed by atoms with Gasteiger partial charge in [0, 0.05) is 9.90 Å². The minimum Gasteiger partial charge on any atom is -0.305 e. The van der Waals surface area contributed by atoms with E-state index in [0.717, 1.165) is 15.1 Å². The zero-order chi connectivity index (χ0) is 15.5. The van der Waals surface area contributed by atoms with Gasteiger partial charge >= 0.3 is 0 Å². The van der Waals surface area contributed by atoms with E-state index in [0.29, 0.717) is 22.8 Å². The van der Waals surface area contributed by atoms with Crippen molar-refractivity contribution in [3.63, 3.8) is 0 Å². The van der Waals surface area contributed by atoms with Crippen LogP contribution in [0.2, 0.25) is 5.02 Å². The van der Waals surface area contributed by atoms with Gasteiger partial charge < -0.3 is 4.57 Å². The minimum atomic E-state index is -0.175. The number of hydrogen-bond donors (Lipinski definition) is 0. The van der Waals surface area contributed by atoms with Gasteiger partial charge in [-0.1, -0.05) is 34.9 Å². The molecule has 0 aliphatic heterocycles. The molecule has 0 bridgehead atoms. The second-order valence-electron chi connectivity index (χ2n) is 4.55. The first-order chi connectivity index (χ1) is 10.7. The predicted octanol–water partition coefficient (Wildman–Crippen LogP) is 3.72. The van der Waals surface area contributed by atoms with E-state index in [-0.39, 0.29) is 5.91 Å². The number of fused-ring (bicyclic) bond motifs is 1. The molecular weight excluding hydrogens is 336 g/mol. The zero-order valence-corrected chi connectivity index (χ0v) is 13.8. The molecule has 0 aliphatic carbocycles. The fourth-order valence-corrected chi connectivity index (χ4v) is 4.10. The average molecular weight is 347 g/mol. The maximum Gasteiger partial charge on any atom is 0.253 e. The lowest BCUT2D eigenvalue weighted by molar-refractivity contribution is -0.117. The van der Waals surface area contributed by atoms with Crippen LogP contribution in [-0.4, -0.2) is 10.5 Å². The van der Waals surface area contributed by atoms with Crippen LogP contribution in [0.5, 0.6) is 0 Å². The van der Waals surface area contributed by atoms with Crippen LogP contribution in [-0.2, 0) is 17.8 Å². The number of amides is 1. The predicted molar refractivity (Wildman–Crippen MR) is 92.3 cm³/mol. The SMILES string of the molecule is C#CCn1c(=NC(=O)Cc2cccs2)sc2cc(Cl)ccc21. The van der Waals surface area contributed by atoms with Gasteiger partial charge in [0.05, 0.1) is 23.2 Å². The summed E-state index contributed by atoms with van der Waals surface area (Å²) < 4.78 is 2.83. The monoisotopic (exact) mass is 346 g/mol. The number of halogens is 1. The van der Waals surface area contributed by atoms with Crippen molar-refractivity contribution >= 4 is 50.4 Å². The van der Waals surface area contributed by atoms with Gasteiger partial charge in [-0.25, -0.2) is 0 Å². The van der Waals surface area contributed by atoms with Crippen molar-refractivity contribution < 1.29 is 4.79 Å². The third-order valence-corrected chi connectivity index (χ3v) is 5.17. The number of carbonyl (C=O) groups excluding carboxylic acids is 1. The molecule has 3 nitrogen and oxygen atoms in total. The standard InChI is InChI=1S/C16H11ClN2OS2/c1-2-7-19-13-6-5-11(17)9-14(13)22-16(19)18-15(20)10-12-4-3-8-21-12/h1,3-6,8-9H,7,10H2. The Labute approximate surface area is 140 Å². The van der Waals surface area contributed by atoms with Crippen molar-refractivity contribution in [2.75, 3.05) is 0 Å². The number of thiazole rings is 1. The highest BCUT2D eigenvalue weighted by Crippen LogP contribution is 2.21. The van der Waals surface area contributed by atoms with E-state index in [9.17, 15) is 4.79 Å². The number of aromatic nitrogens is 1. The van der Waals surface area contributed by atoms with Crippen LogP contribution >= 0.6 is 34.3 Å². The lowest BCUT2D eigenvalue weighted by Crippen LogP contribution is -2.16. The van der Waals surface area contributed by atoms with Gasteiger partial charge in [0.1, 0.15) is 0 Å². The number of carbonyl (C=O) groups is 1. The first-order valence-corrected chi connectivity index (χ1v) is 8.57. The van der Waals surface area contributed by atoms with Gasteiger partial charge in [0.2, 0.25) is 0 Å². The van der Waals surface area contributed by atoms with Crippen molar-refractivity contribution in [2.45, 2.75) is 13.0 Å². The number of terminal acetylenes is 1. The van der Waals surface area contributed by atoms with E-state index >= 15 is 0 Å². The summed E-state index contributed by atoms with van der Waals surface area (Å²) in [6.45, 7) is 0.368.